The highest BCUT2D eigenvalue weighted by Crippen LogP contribution is 2.34. The number of nitrogens with zero attached hydrogens (tertiary/aromatic N) is 5. The molecule has 0 bridgehead atoms. The molecular formula is C22H20FN5OS2. The molecule has 0 radical (unpaired) electrons. The Morgan fingerprint density at radius 2 is 2.06 bits per heavy atom. The number of rotatable bonds is 4. The van der Waals surface area contributed by atoms with Gasteiger partial charge in [0.25, 0.3) is 5.91 Å². The number of piperidine rings is 1. The van der Waals surface area contributed by atoms with Crippen LogP contribution >= 0.6 is 22.7 Å². The lowest BCUT2D eigenvalue weighted by Crippen LogP contribution is -2.39. The number of aryl methyl sites for hydroxylation is 1. The predicted octanol–water partition coefficient (Wildman–Crippen LogP) is 4.83. The summed E-state index contributed by atoms with van der Waals surface area (Å²) in [6.07, 6.45) is 1.82. The standard InChI is InChI=1S/C22H20FN5OS2/c1-27-18(12-17(26-27)19-9-5-11-30-19)22(29)28-10-4-6-14(13-28)20-24-25-21(31-20)15-7-2-3-8-16(15)23/h2-3,5,7-9,11-12,14H,4,6,10,13H2,1H3. The summed E-state index contributed by atoms with van der Waals surface area (Å²) in [5, 5.41) is 16.5. The molecule has 5 rings (SSSR count). The monoisotopic (exact) mass is 453 g/mol. The van der Waals surface area contributed by atoms with Gasteiger partial charge in [0, 0.05) is 31.6 Å². The van der Waals surface area contributed by atoms with Crippen LogP contribution in [0.3, 0.4) is 0 Å². The molecular weight excluding hydrogens is 433 g/mol. The summed E-state index contributed by atoms with van der Waals surface area (Å²) in [6, 6.07) is 12.4. The molecule has 1 atom stereocenters. The maximum atomic E-state index is 14.1. The first-order chi connectivity index (χ1) is 15.1. The lowest BCUT2D eigenvalue weighted by molar-refractivity contribution is 0.0695. The van der Waals surface area contributed by atoms with Gasteiger partial charge in [0.2, 0.25) is 0 Å². The molecule has 1 aliphatic rings. The summed E-state index contributed by atoms with van der Waals surface area (Å²) in [5.41, 5.74) is 1.85. The Hall–Kier alpha value is -2.91. The van der Waals surface area contributed by atoms with Crippen LogP contribution < -0.4 is 0 Å². The van der Waals surface area contributed by atoms with E-state index in [9.17, 15) is 9.18 Å². The van der Waals surface area contributed by atoms with E-state index in [-0.39, 0.29) is 17.6 Å². The third-order valence-electron chi connectivity index (χ3n) is 5.48. The number of carbonyl (C=O) groups is 1. The van der Waals surface area contributed by atoms with Crippen LogP contribution in [0.15, 0.2) is 47.8 Å². The number of likely N-dealkylation sites (tertiary alicyclic amines) is 1. The number of aromatic nitrogens is 4. The first kappa shape index (κ1) is 20.0. The first-order valence-corrected chi connectivity index (χ1v) is 11.8. The van der Waals surface area contributed by atoms with Gasteiger partial charge in [0.05, 0.1) is 4.88 Å². The van der Waals surface area contributed by atoms with Crippen LogP contribution in [0.5, 0.6) is 0 Å². The van der Waals surface area contributed by atoms with E-state index in [0.29, 0.717) is 29.4 Å². The van der Waals surface area contributed by atoms with Crippen LogP contribution in [0.4, 0.5) is 4.39 Å². The molecule has 1 unspecified atom stereocenters. The molecule has 1 amide bonds. The second kappa shape index (κ2) is 8.32. The number of amides is 1. The van der Waals surface area contributed by atoms with Gasteiger partial charge >= 0.3 is 0 Å². The second-order valence-corrected chi connectivity index (χ2v) is 9.49. The Labute approximate surface area is 187 Å². The molecule has 3 aromatic heterocycles. The molecule has 0 spiro atoms. The summed E-state index contributed by atoms with van der Waals surface area (Å²) in [4.78, 5) is 16.1. The highest BCUT2D eigenvalue weighted by molar-refractivity contribution is 7.14. The third kappa shape index (κ3) is 3.90. The first-order valence-electron chi connectivity index (χ1n) is 10.1. The number of benzene rings is 1. The molecule has 6 nitrogen and oxygen atoms in total. The Morgan fingerprint density at radius 3 is 2.87 bits per heavy atom. The van der Waals surface area contributed by atoms with Crippen LogP contribution in [0.2, 0.25) is 0 Å². The number of thiophene rings is 1. The van der Waals surface area contributed by atoms with E-state index in [1.165, 1.54) is 17.4 Å². The van der Waals surface area contributed by atoms with Crippen molar-refractivity contribution in [2.24, 2.45) is 7.05 Å². The lowest BCUT2D eigenvalue weighted by Gasteiger charge is -2.31. The average Bonchev–Trinajstić information content (AvgIpc) is 3.54. The maximum Gasteiger partial charge on any atom is 0.272 e. The van der Waals surface area contributed by atoms with Gasteiger partial charge < -0.3 is 4.90 Å². The minimum Gasteiger partial charge on any atom is -0.337 e. The Morgan fingerprint density at radius 1 is 1.19 bits per heavy atom. The zero-order valence-electron chi connectivity index (χ0n) is 16.9. The Balaban J connectivity index is 1.34. The molecule has 0 aliphatic carbocycles. The third-order valence-corrected chi connectivity index (χ3v) is 7.49. The Bertz CT molecular complexity index is 1220. The predicted molar refractivity (Wildman–Crippen MR) is 120 cm³/mol. The highest BCUT2D eigenvalue weighted by Gasteiger charge is 2.29. The van der Waals surface area contributed by atoms with Gasteiger partial charge in [-0.3, -0.25) is 9.48 Å². The number of carbonyl (C=O) groups excluding carboxylic acids is 1. The smallest absolute Gasteiger partial charge is 0.272 e. The molecule has 4 aromatic rings. The van der Waals surface area contributed by atoms with Crippen LogP contribution in [0, 0.1) is 5.82 Å². The van der Waals surface area contributed by atoms with Crippen molar-refractivity contribution in [1.82, 2.24) is 24.9 Å². The van der Waals surface area contributed by atoms with Crippen LogP contribution in [0.1, 0.15) is 34.3 Å². The average molecular weight is 454 g/mol. The van der Waals surface area contributed by atoms with Crippen molar-refractivity contribution in [1.29, 1.82) is 0 Å². The number of hydrogen-bond donors (Lipinski definition) is 0. The van der Waals surface area contributed by atoms with E-state index in [2.05, 4.69) is 15.3 Å². The van der Waals surface area contributed by atoms with Gasteiger partial charge in [-0.05, 0) is 42.5 Å². The van der Waals surface area contributed by atoms with E-state index in [1.54, 1.807) is 41.3 Å². The molecule has 1 saturated heterocycles. The minimum atomic E-state index is -0.302. The summed E-state index contributed by atoms with van der Waals surface area (Å²) >= 11 is 3.01. The SMILES string of the molecule is Cn1nc(-c2cccs2)cc1C(=O)N1CCCC(c2nnc(-c3ccccc3F)s2)C1. The zero-order chi connectivity index (χ0) is 21.4. The van der Waals surface area contributed by atoms with Gasteiger partial charge in [0.15, 0.2) is 5.01 Å². The lowest BCUT2D eigenvalue weighted by atomic mass is 9.98. The summed E-state index contributed by atoms with van der Waals surface area (Å²) in [5.74, 6) is -0.231. The fourth-order valence-corrected chi connectivity index (χ4v) is 5.56. The van der Waals surface area contributed by atoms with Crippen molar-refractivity contribution in [3.8, 4) is 21.1 Å². The topological polar surface area (TPSA) is 63.9 Å². The van der Waals surface area contributed by atoms with Crippen molar-refractivity contribution in [3.05, 3.63) is 64.4 Å². The van der Waals surface area contributed by atoms with Crippen molar-refractivity contribution in [2.45, 2.75) is 18.8 Å². The van der Waals surface area contributed by atoms with E-state index >= 15 is 0 Å². The zero-order valence-corrected chi connectivity index (χ0v) is 18.5. The fourth-order valence-electron chi connectivity index (χ4n) is 3.88. The summed E-state index contributed by atoms with van der Waals surface area (Å²) < 4.78 is 15.8. The summed E-state index contributed by atoms with van der Waals surface area (Å²) in [6.45, 7) is 1.28. The molecule has 1 aliphatic heterocycles. The van der Waals surface area contributed by atoms with Crippen LogP contribution in [0.25, 0.3) is 21.1 Å². The number of hydrogen-bond acceptors (Lipinski definition) is 6. The van der Waals surface area contributed by atoms with Gasteiger partial charge in [-0.1, -0.05) is 29.5 Å². The van der Waals surface area contributed by atoms with Crippen molar-refractivity contribution in [3.63, 3.8) is 0 Å². The van der Waals surface area contributed by atoms with Gasteiger partial charge in [-0.2, -0.15) is 5.10 Å². The maximum absolute atomic E-state index is 14.1. The highest BCUT2D eigenvalue weighted by atomic mass is 32.1. The second-order valence-electron chi connectivity index (χ2n) is 7.53. The van der Waals surface area contributed by atoms with Crippen LogP contribution in [-0.2, 0) is 7.05 Å². The van der Waals surface area contributed by atoms with Crippen molar-refractivity contribution >= 4 is 28.6 Å². The molecule has 0 saturated carbocycles. The van der Waals surface area contributed by atoms with E-state index in [0.717, 1.165) is 28.4 Å². The normalized spacial score (nSPS) is 16.6. The van der Waals surface area contributed by atoms with E-state index < -0.39 is 0 Å². The molecule has 9 heteroatoms. The fraction of sp³-hybridized carbons (Fsp3) is 0.273. The quantitative estimate of drug-likeness (QED) is 0.444. The molecule has 1 aromatic carbocycles. The molecule has 0 N–H and O–H groups in total. The van der Waals surface area contributed by atoms with Crippen molar-refractivity contribution in [2.75, 3.05) is 13.1 Å². The van der Waals surface area contributed by atoms with Gasteiger partial charge in [-0.25, -0.2) is 4.39 Å². The largest absolute Gasteiger partial charge is 0.337 e. The van der Waals surface area contributed by atoms with Gasteiger partial charge in [0.1, 0.15) is 22.2 Å². The van der Waals surface area contributed by atoms with E-state index in [1.807, 2.05) is 28.5 Å². The van der Waals surface area contributed by atoms with Crippen molar-refractivity contribution < 1.29 is 9.18 Å². The molecule has 1 fully saturated rings. The molecule has 4 heterocycles. The van der Waals surface area contributed by atoms with Gasteiger partial charge in [-0.15, -0.1) is 21.5 Å². The van der Waals surface area contributed by atoms with Crippen LogP contribution in [-0.4, -0.2) is 43.9 Å². The Kier molecular flexibility index (Phi) is 5.37. The van der Waals surface area contributed by atoms with E-state index in [4.69, 9.17) is 0 Å². The number of halogens is 1. The molecule has 158 valence electrons. The molecule has 31 heavy (non-hydrogen) atoms. The summed E-state index contributed by atoms with van der Waals surface area (Å²) in [7, 11) is 1.80. The minimum absolute atomic E-state index is 0.0265.